The lowest BCUT2D eigenvalue weighted by atomic mass is 10.2. The minimum atomic E-state index is 0.0372. The molecule has 1 aromatic carbocycles. The van der Waals surface area contributed by atoms with Crippen LogP contribution in [0.2, 0.25) is 0 Å². The molecule has 2 heterocycles. The lowest BCUT2D eigenvalue weighted by Crippen LogP contribution is -2.27. The van der Waals surface area contributed by atoms with Crippen molar-refractivity contribution in [1.29, 1.82) is 0 Å². The third-order valence-corrected chi connectivity index (χ3v) is 6.42. The molecule has 1 aliphatic carbocycles. The molecule has 0 unspecified atom stereocenters. The summed E-state index contributed by atoms with van der Waals surface area (Å²) < 4.78 is 9.08. The van der Waals surface area contributed by atoms with E-state index < -0.39 is 0 Å². The van der Waals surface area contributed by atoms with Gasteiger partial charge in [0.05, 0.1) is 12.3 Å². The van der Waals surface area contributed by atoms with E-state index in [-0.39, 0.29) is 5.91 Å². The number of furan rings is 1. The van der Waals surface area contributed by atoms with E-state index in [9.17, 15) is 4.79 Å². The number of aromatic nitrogens is 3. The molecule has 0 radical (unpaired) electrons. The van der Waals surface area contributed by atoms with Gasteiger partial charge in [-0.3, -0.25) is 4.79 Å². The number of hydrogen-bond acceptors (Lipinski definition) is 5. The summed E-state index contributed by atoms with van der Waals surface area (Å²) in [6.07, 6.45) is 2.38. The number of carbonyl (C=O) groups is 1. The van der Waals surface area contributed by atoms with Crippen molar-refractivity contribution in [1.82, 2.24) is 19.7 Å². The summed E-state index contributed by atoms with van der Waals surface area (Å²) in [4.78, 5) is 14.3. The van der Waals surface area contributed by atoms with E-state index in [1.165, 1.54) is 24.6 Å². The number of amides is 1. The van der Waals surface area contributed by atoms with E-state index in [4.69, 9.17) is 4.42 Å². The molecule has 4 rings (SSSR count). The SMILES string of the molecule is CCn1c(SCC(=O)N(C)Cc2ccc(-c3ccc(Br)cc3)o2)nnc1C1CC1. The van der Waals surface area contributed by atoms with Crippen LogP contribution in [0, 0.1) is 0 Å². The number of carbonyl (C=O) groups excluding carboxylic acids is 1. The highest BCUT2D eigenvalue weighted by Crippen LogP contribution is 2.40. The minimum absolute atomic E-state index is 0.0372. The average Bonchev–Trinajstić information content (AvgIpc) is 3.32. The number of nitrogens with zero attached hydrogens (tertiary/aromatic N) is 4. The third-order valence-electron chi connectivity index (χ3n) is 4.94. The molecule has 1 amide bonds. The van der Waals surface area contributed by atoms with Crippen LogP contribution in [-0.4, -0.2) is 38.4 Å². The fraction of sp³-hybridized carbons (Fsp3) is 0.381. The van der Waals surface area contributed by atoms with Crippen LogP contribution >= 0.6 is 27.7 Å². The Balaban J connectivity index is 1.33. The zero-order valence-electron chi connectivity index (χ0n) is 16.5. The maximum atomic E-state index is 12.6. The van der Waals surface area contributed by atoms with Gasteiger partial charge in [0.2, 0.25) is 5.91 Å². The van der Waals surface area contributed by atoms with Crippen molar-refractivity contribution in [3.8, 4) is 11.3 Å². The Labute approximate surface area is 182 Å². The summed E-state index contributed by atoms with van der Waals surface area (Å²) in [5, 5.41) is 9.44. The number of benzene rings is 1. The van der Waals surface area contributed by atoms with Gasteiger partial charge in [0.1, 0.15) is 17.3 Å². The van der Waals surface area contributed by atoms with Gasteiger partial charge in [0.25, 0.3) is 0 Å². The van der Waals surface area contributed by atoms with Crippen molar-refractivity contribution >= 4 is 33.6 Å². The molecule has 1 fully saturated rings. The van der Waals surface area contributed by atoms with Crippen LogP contribution in [0.4, 0.5) is 0 Å². The molecule has 0 atom stereocenters. The van der Waals surface area contributed by atoms with Gasteiger partial charge < -0.3 is 13.9 Å². The van der Waals surface area contributed by atoms with Gasteiger partial charge in [0.15, 0.2) is 5.16 Å². The molecule has 3 aromatic rings. The van der Waals surface area contributed by atoms with E-state index in [1.54, 1.807) is 11.9 Å². The molecule has 0 saturated heterocycles. The standard InChI is InChI=1S/C21H23BrN4O2S/c1-3-26-20(15-4-5-15)23-24-21(26)29-13-19(27)25(2)12-17-10-11-18(28-17)14-6-8-16(22)9-7-14/h6-11,15H,3-5,12-13H2,1-2H3. The molecule has 6 nitrogen and oxygen atoms in total. The molecule has 0 bridgehead atoms. The molecule has 0 spiro atoms. The summed E-state index contributed by atoms with van der Waals surface area (Å²) >= 11 is 4.89. The van der Waals surface area contributed by atoms with Crippen molar-refractivity contribution in [3.63, 3.8) is 0 Å². The van der Waals surface area contributed by atoms with Crippen molar-refractivity contribution < 1.29 is 9.21 Å². The zero-order valence-corrected chi connectivity index (χ0v) is 18.9. The van der Waals surface area contributed by atoms with E-state index in [1.807, 2.05) is 36.4 Å². The van der Waals surface area contributed by atoms with Crippen LogP contribution in [0.3, 0.4) is 0 Å². The van der Waals surface area contributed by atoms with Crippen LogP contribution < -0.4 is 0 Å². The van der Waals surface area contributed by atoms with Crippen LogP contribution in [0.15, 0.2) is 50.4 Å². The quantitative estimate of drug-likeness (QED) is 0.432. The first kappa shape index (κ1) is 20.2. The molecular weight excluding hydrogens is 452 g/mol. The molecule has 0 N–H and O–H groups in total. The van der Waals surface area contributed by atoms with Gasteiger partial charge in [-0.25, -0.2) is 0 Å². The Kier molecular flexibility index (Phi) is 6.10. The van der Waals surface area contributed by atoms with Gasteiger partial charge in [0, 0.05) is 29.5 Å². The maximum absolute atomic E-state index is 12.6. The average molecular weight is 475 g/mol. The van der Waals surface area contributed by atoms with Crippen molar-refractivity contribution in [2.45, 2.75) is 43.9 Å². The number of halogens is 1. The highest BCUT2D eigenvalue weighted by atomic mass is 79.9. The molecule has 1 saturated carbocycles. The third kappa shape index (κ3) is 4.75. The second-order valence-electron chi connectivity index (χ2n) is 7.17. The lowest BCUT2D eigenvalue weighted by Gasteiger charge is -2.15. The predicted octanol–water partition coefficient (Wildman–Crippen LogP) is 4.95. The van der Waals surface area contributed by atoms with Crippen LogP contribution in [-0.2, 0) is 17.9 Å². The first-order chi connectivity index (χ1) is 14.0. The molecule has 2 aromatic heterocycles. The normalized spacial score (nSPS) is 13.6. The highest BCUT2D eigenvalue weighted by Gasteiger charge is 2.30. The van der Waals surface area contributed by atoms with Gasteiger partial charge >= 0.3 is 0 Å². The van der Waals surface area contributed by atoms with Gasteiger partial charge in [-0.1, -0.05) is 39.8 Å². The second kappa shape index (κ2) is 8.75. The fourth-order valence-corrected chi connectivity index (χ4v) is 4.35. The summed E-state index contributed by atoms with van der Waals surface area (Å²) in [6.45, 7) is 3.35. The summed E-state index contributed by atoms with van der Waals surface area (Å²) in [7, 11) is 1.80. The van der Waals surface area contributed by atoms with Crippen LogP contribution in [0.1, 0.15) is 37.3 Å². The molecule has 0 aliphatic heterocycles. The van der Waals surface area contributed by atoms with Crippen LogP contribution in [0.5, 0.6) is 0 Å². The first-order valence-electron chi connectivity index (χ1n) is 9.69. The Morgan fingerprint density at radius 1 is 1.24 bits per heavy atom. The van der Waals surface area contributed by atoms with Crippen molar-refractivity contribution in [2.24, 2.45) is 0 Å². The topological polar surface area (TPSA) is 64.2 Å². The minimum Gasteiger partial charge on any atom is -0.459 e. The fourth-order valence-electron chi connectivity index (χ4n) is 3.14. The van der Waals surface area contributed by atoms with Gasteiger partial charge in [-0.05, 0) is 44.0 Å². The molecule has 152 valence electrons. The largest absolute Gasteiger partial charge is 0.459 e. The Hall–Kier alpha value is -2.06. The second-order valence-corrected chi connectivity index (χ2v) is 9.03. The first-order valence-corrected chi connectivity index (χ1v) is 11.5. The Morgan fingerprint density at radius 2 is 2.00 bits per heavy atom. The van der Waals surface area contributed by atoms with E-state index in [0.29, 0.717) is 18.2 Å². The highest BCUT2D eigenvalue weighted by molar-refractivity contribution is 9.10. The van der Waals surface area contributed by atoms with E-state index in [2.05, 4.69) is 37.6 Å². The lowest BCUT2D eigenvalue weighted by molar-refractivity contribution is -0.127. The predicted molar refractivity (Wildman–Crippen MR) is 117 cm³/mol. The van der Waals surface area contributed by atoms with Crippen molar-refractivity contribution in [2.75, 3.05) is 12.8 Å². The summed E-state index contributed by atoms with van der Waals surface area (Å²) in [5.41, 5.74) is 1.01. The van der Waals surface area contributed by atoms with E-state index in [0.717, 1.165) is 39.1 Å². The van der Waals surface area contributed by atoms with Gasteiger partial charge in [-0.15, -0.1) is 10.2 Å². The summed E-state index contributed by atoms with van der Waals surface area (Å²) in [5.74, 6) is 3.54. The van der Waals surface area contributed by atoms with E-state index >= 15 is 0 Å². The number of rotatable bonds is 8. The zero-order chi connectivity index (χ0) is 20.4. The smallest absolute Gasteiger partial charge is 0.233 e. The molecule has 29 heavy (non-hydrogen) atoms. The molecule has 8 heteroatoms. The number of thioether (sulfide) groups is 1. The molecular formula is C21H23BrN4O2S. The molecule has 1 aliphatic rings. The monoisotopic (exact) mass is 474 g/mol. The van der Waals surface area contributed by atoms with Crippen molar-refractivity contribution in [3.05, 3.63) is 52.5 Å². The maximum Gasteiger partial charge on any atom is 0.233 e. The Bertz CT molecular complexity index is 995. The van der Waals surface area contributed by atoms with Crippen LogP contribution in [0.25, 0.3) is 11.3 Å². The summed E-state index contributed by atoms with van der Waals surface area (Å²) in [6, 6.07) is 11.8. The Morgan fingerprint density at radius 3 is 2.69 bits per heavy atom. The number of hydrogen-bond donors (Lipinski definition) is 0. The van der Waals surface area contributed by atoms with Gasteiger partial charge in [-0.2, -0.15) is 0 Å².